The molecule has 3 nitrogen and oxygen atoms in total. The van der Waals surface area contributed by atoms with Gasteiger partial charge in [-0.25, -0.2) is 13.4 Å². The molecule has 16 heavy (non-hydrogen) atoms. The van der Waals surface area contributed by atoms with Crippen LogP contribution in [0.1, 0.15) is 5.69 Å². The van der Waals surface area contributed by atoms with Gasteiger partial charge in [-0.2, -0.15) is 0 Å². The van der Waals surface area contributed by atoms with E-state index in [4.69, 9.17) is 6.92 Å². The third-order valence-electron chi connectivity index (χ3n) is 2.07. The zero-order valence-corrected chi connectivity index (χ0v) is 9.18. The molecule has 0 spiro atoms. The first-order chi connectivity index (χ1) is 7.60. The van der Waals surface area contributed by atoms with Gasteiger partial charge in [-0.05, 0) is 24.3 Å². The molecule has 0 saturated heterocycles. The third kappa shape index (κ3) is 1.97. The molecule has 1 aromatic heterocycles. The lowest BCUT2D eigenvalue weighted by Gasteiger charge is -2.03. The van der Waals surface area contributed by atoms with E-state index in [9.17, 15) is 8.42 Å². The zero-order chi connectivity index (χ0) is 11.6. The van der Waals surface area contributed by atoms with E-state index in [0.717, 1.165) is 0 Å². The van der Waals surface area contributed by atoms with Crippen LogP contribution in [0.5, 0.6) is 0 Å². The summed E-state index contributed by atoms with van der Waals surface area (Å²) in [6, 6.07) is 12.7. The molecule has 0 aliphatic heterocycles. The lowest BCUT2D eigenvalue weighted by Crippen LogP contribution is -2.04. The molecule has 1 heterocycles. The van der Waals surface area contributed by atoms with Crippen LogP contribution in [0.2, 0.25) is 0 Å². The molecular formula is C12H9NO2S. The number of nitrogens with zero attached hydrogens (tertiary/aromatic N) is 1. The smallest absolute Gasteiger partial charge is 0.223 e. The first-order valence-electron chi connectivity index (χ1n) is 4.63. The maximum atomic E-state index is 12.1. The van der Waals surface area contributed by atoms with Crippen LogP contribution in [-0.4, -0.2) is 13.4 Å². The van der Waals surface area contributed by atoms with Gasteiger partial charge in [-0.1, -0.05) is 24.3 Å². The van der Waals surface area contributed by atoms with Crippen LogP contribution in [0, 0.1) is 6.92 Å². The molecule has 80 valence electrons. The van der Waals surface area contributed by atoms with Crippen LogP contribution in [0.25, 0.3) is 0 Å². The summed E-state index contributed by atoms with van der Waals surface area (Å²) in [5, 5.41) is -0.0290. The van der Waals surface area contributed by atoms with Crippen molar-refractivity contribution in [3.8, 4) is 0 Å². The van der Waals surface area contributed by atoms with E-state index in [0.29, 0.717) is 0 Å². The Morgan fingerprint density at radius 3 is 2.25 bits per heavy atom. The standard InChI is InChI=1S/C12H9NO2S/c1-10-6-5-9-12(13-10)16(14,15)11-7-3-2-4-8-11/h1-9H. The van der Waals surface area contributed by atoms with E-state index in [-0.39, 0.29) is 15.6 Å². The van der Waals surface area contributed by atoms with Gasteiger partial charge < -0.3 is 0 Å². The molecule has 1 aromatic carbocycles. The van der Waals surface area contributed by atoms with Gasteiger partial charge in [0.15, 0.2) is 5.03 Å². The average Bonchev–Trinajstić information content (AvgIpc) is 2.30. The molecule has 0 aliphatic carbocycles. The monoisotopic (exact) mass is 231 g/mol. The topological polar surface area (TPSA) is 47.0 Å². The highest BCUT2D eigenvalue weighted by molar-refractivity contribution is 7.91. The largest absolute Gasteiger partial charge is 0.241 e. The van der Waals surface area contributed by atoms with E-state index >= 15 is 0 Å². The minimum Gasteiger partial charge on any atom is -0.241 e. The van der Waals surface area contributed by atoms with Crippen LogP contribution >= 0.6 is 0 Å². The van der Waals surface area contributed by atoms with E-state index in [1.807, 2.05) is 0 Å². The van der Waals surface area contributed by atoms with Crippen molar-refractivity contribution in [1.29, 1.82) is 0 Å². The molecule has 0 fully saturated rings. The molecule has 0 unspecified atom stereocenters. The Morgan fingerprint density at radius 1 is 0.938 bits per heavy atom. The molecule has 2 radical (unpaired) electrons. The van der Waals surface area contributed by atoms with Gasteiger partial charge in [0, 0.05) is 12.6 Å². The number of hydrogen-bond acceptors (Lipinski definition) is 3. The minimum atomic E-state index is -3.55. The van der Waals surface area contributed by atoms with Crippen molar-refractivity contribution in [3.63, 3.8) is 0 Å². The van der Waals surface area contributed by atoms with E-state index in [1.54, 1.807) is 30.3 Å². The van der Waals surface area contributed by atoms with Gasteiger partial charge in [0.1, 0.15) is 0 Å². The van der Waals surface area contributed by atoms with Crippen molar-refractivity contribution in [2.45, 2.75) is 9.92 Å². The Hall–Kier alpha value is -1.68. The van der Waals surface area contributed by atoms with Gasteiger partial charge in [0.2, 0.25) is 9.84 Å². The second-order valence-electron chi connectivity index (χ2n) is 3.22. The highest BCUT2D eigenvalue weighted by Gasteiger charge is 2.18. The number of rotatable bonds is 2. The molecule has 0 amide bonds. The zero-order valence-electron chi connectivity index (χ0n) is 8.37. The second kappa shape index (κ2) is 4.06. The molecule has 0 atom stereocenters. The maximum Gasteiger partial charge on any atom is 0.223 e. The first-order valence-corrected chi connectivity index (χ1v) is 6.12. The summed E-state index contributed by atoms with van der Waals surface area (Å²) < 4.78 is 24.1. The second-order valence-corrected chi connectivity index (χ2v) is 5.11. The highest BCUT2D eigenvalue weighted by Crippen LogP contribution is 2.18. The quantitative estimate of drug-likeness (QED) is 0.794. The molecule has 0 N–H and O–H groups in total. The Kier molecular flexibility index (Phi) is 2.75. The van der Waals surface area contributed by atoms with E-state index in [2.05, 4.69) is 4.98 Å². The van der Waals surface area contributed by atoms with Crippen LogP contribution in [-0.2, 0) is 9.84 Å². The first kappa shape index (κ1) is 10.8. The highest BCUT2D eigenvalue weighted by atomic mass is 32.2. The van der Waals surface area contributed by atoms with Gasteiger partial charge in [0.25, 0.3) is 0 Å². The molecule has 0 bridgehead atoms. The van der Waals surface area contributed by atoms with Crippen LogP contribution < -0.4 is 0 Å². The summed E-state index contributed by atoms with van der Waals surface area (Å²) in [5.74, 6) is 0. The minimum absolute atomic E-state index is 0.0290. The number of pyridine rings is 1. The Balaban J connectivity index is 2.56. The van der Waals surface area contributed by atoms with Crippen molar-refractivity contribution in [2.24, 2.45) is 0 Å². The number of sulfone groups is 1. The number of benzene rings is 1. The summed E-state index contributed by atoms with van der Waals surface area (Å²) in [5.41, 5.74) is 0.192. The molecule has 2 rings (SSSR count). The number of aromatic nitrogens is 1. The summed E-state index contributed by atoms with van der Waals surface area (Å²) in [7, 11) is -3.55. The van der Waals surface area contributed by atoms with Crippen molar-refractivity contribution in [3.05, 3.63) is 61.1 Å². The van der Waals surface area contributed by atoms with Crippen molar-refractivity contribution in [2.75, 3.05) is 0 Å². The van der Waals surface area contributed by atoms with Crippen LogP contribution in [0.15, 0.2) is 58.5 Å². The predicted octanol–water partition coefficient (Wildman–Crippen LogP) is 1.97. The predicted molar refractivity (Wildman–Crippen MR) is 59.5 cm³/mol. The van der Waals surface area contributed by atoms with E-state index < -0.39 is 9.84 Å². The molecule has 0 aliphatic rings. The summed E-state index contributed by atoms with van der Waals surface area (Å²) in [6.07, 6.45) is 0. The third-order valence-corrected chi connectivity index (χ3v) is 3.74. The Bertz CT molecular complexity index is 591. The number of hydrogen-bond donors (Lipinski definition) is 0. The van der Waals surface area contributed by atoms with Crippen molar-refractivity contribution >= 4 is 9.84 Å². The normalized spacial score (nSPS) is 11.3. The van der Waals surface area contributed by atoms with Crippen molar-refractivity contribution in [1.82, 2.24) is 4.98 Å². The Labute approximate surface area is 94.7 Å². The molecule has 0 saturated carbocycles. The fraction of sp³-hybridized carbons (Fsp3) is 0. The van der Waals surface area contributed by atoms with Crippen molar-refractivity contribution < 1.29 is 8.42 Å². The SMILES string of the molecule is [CH]c1cccc(S(=O)(=O)c2ccccc2)n1. The van der Waals surface area contributed by atoms with Gasteiger partial charge in [0.05, 0.1) is 4.90 Å². The lowest BCUT2D eigenvalue weighted by atomic mass is 10.4. The molecule has 2 aromatic rings. The van der Waals surface area contributed by atoms with E-state index in [1.165, 1.54) is 18.2 Å². The summed E-state index contributed by atoms with van der Waals surface area (Å²) in [4.78, 5) is 4.03. The summed E-state index contributed by atoms with van der Waals surface area (Å²) in [6.45, 7) is 5.46. The molecular weight excluding hydrogens is 222 g/mol. The fourth-order valence-corrected chi connectivity index (χ4v) is 2.54. The lowest BCUT2D eigenvalue weighted by molar-refractivity contribution is 0.592. The average molecular weight is 231 g/mol. The van der Waals surface area contributed by atoms with Gasteiger partial charge >= 0.3 is 0 Å². The molecule has 4 heteroatoms. The van der Waals surface area contributed by atoms with Crippen LogP contribution in [0.3, 0.4) is 0 Å². The fourth-order valence-electron chi connectivity index (χ4n) is 1.30. The van der Waals surface area contributed by atoms with Gasteiger partial charge in [-0.15, -0.1) is 0 Å². The summed E-state index contributed by atoms with van der Waals surface area (Å²) >= 11 is 0. The van der Waals surface area contributed by atoms with Crippen LogP contribution in [0.4, 0.5) is 0 Å². The van der Waals surface area contributed by atoms with Gasteiger partial charge in [-0.3, -0.25) is 0 Å². The Morgan fingerprint density at radius 2 is 1.62 bits per heavy atom. The maximum absolute atomic E-state index is 12.1.